The van der Waals surface area contributed by atoms with Crippen molar-refractivity contribution in [3.05, 3.63) is 71.3 Å². The van der Waals surface area contributed by atoms with Crippen LogP contribution in [0.4, 0.5) is 0 Å². The summed E-state index contributed by atoms with van der Waals surface area (Å²) >= 11 is 0. The van der Waals surface area contributed by atoms with Gasteiger partial charge in [-0.25, -0.2) is 9.80 Å². The first kappa shape index (κ1) is 18.8. The zero-order valence-corrected chi connectivity index (χ0v) is 15.6. The monoisotopic (exact) mass is 394 g/mol. The van der Waals surface area contributed by atoms with E-state index in [1.165, 1.54) is 12.0 Å². The number of carbonyl (C=O) groups is 4. The van der Waals surface area contributed by atoms with Gasteiger partial charge in [-0.15, -0.1) is 0 Å². The summed E-state index contributed by atoms with van der Waals surface area (Å²) in [6, 6.07) is 14.7. The van der Waals surface area contributed by atoms with Crippen LogP contribution in [0.3, 0.4) is 0 Å². The van der Waals surface area contributed by atoms with Gasteiger partial charge in [0.1, 0.15) is 6.04 Å². The molecular formula is C21H18N2O6. The van der Waals surface area contributed by atoms with Gasteiger partial charge in [0.15, 0.2) is 0 Å². The van der Waals surface area contributed by atoms with Crippen LogP contribution in [-0.2, 0) is 25.5 Å². The topological polar surface area (TPSA) is 93.0 Å². The van der Waals surface area contributed by atoms with Crippen molar-refractivity contribution in [1.82, 2.24) is 9.80 Å². The lowest BCUT2D eigenvalue weighted by molar-refractivity contribution is -0.165. The van der Waals surface area contributed by atoms with E-state index in [0.717, 1.165) is 10.5 Å². The SMILES string of the molecule is COC(=O)C1CN1C(OC(=O)Cc1ccccc1)N1C(=O)c2ccccc2C1=O. The third-order valence-corrected chi connectivity index (χ3v) is 4.88. The zero-order valence-electron chi connectivity index (χ0n) is 15.6. The lowest BCUT2D eigenvalue weighted by Gasteiger charge is -2.27. The molecule has 2 aliphatic heterocycles. The van der Waals surface area contributed by atoms with Gasteiger partial charge in [0.05, 0.1) is 24.7 Å². The molecule has 8 heteroatoms. The highest BCUT2D eigenvalue weighted by molar-refractivity contribution is 6.21. The van der Waals surface area contributed by atoms with Gasteiger partial charge >= 0.3 is 11.9 Å². The Morgan fingerprint density at radius 1 is 1.00 bits per heavy atom. The smallest absolute Gasteiger partial charge is 0.324 e. The molecule has 148 valence electrons. The number of fused-ring (bicyclic) bond motifs is 1. The molecule has 0 bridgehead atoms. The van der Waals surface area contributed by atoms with E-state index in [2.05, 4.69) is 0 Å². The molecule has 2 aromatic rings. The molecule has 0 spiro atoms. The molecule has 29 heavy (non-hydrogen) atoms. The highest BCUT2D eigenvalue weighted by atomic mass is 16.6. The van der Waals surface area contributed by atoms with E-state index in [9.17, 15) is 19.2 Å². The molecule has 8 nitrogen and oxygen atoms in total. The number of methoxy groups -OCH3 is 1. The first-order chi connectivity index (χ1) is 14.0. The van der Waals surface area contributed by atoms with E-state index >= 15 is 0 Å². The fourth-order valence-electron chi connectivity index (χ4n) is 3.34. The largest absolute Gasteiger partial charge is 0.468 e. The van der Waals surface area contributed by atoms with Crippen LogP contribution in [0.25, 0.3) is 0 Å². The maximum absolute atomic E-state index is 12.8. The quantitative estimate of drug-likeness (QED) is 0.413. The van der Waals surface area contributed by atoms with E-state index < -0.39 is 36.1 Å². The Morgan fingerprint density at radius 3 is 2.17 bits per heavy atom. The second kappa shape index (κ2) is 7.48. The lowest BCUT2D eigenvalue weighted by atomic mass is 10.1. The standard InChI is InChI=1S/C21H18N2O6/c1-28-20(27)16-12-22(16)21(29-17(24)11-13-7-3-2-4-8-13)23-18(25)14-9-5-6-10-15(14)19(23)26/h2-10,16,21H,11-12H2,1H3. The van der Waals surface area contributed by atoms with E-state index in [1.54, 1.807) is 48.5 Å². The van der Waals surface area contributed by atoms with Gasteiger partial charge in [0, 0.05) is 6.54 Å². The second-order valence-corrected chi connectivity index (χ2v) is 6.74. The maximum Gasteiger partial charge on any atom is 0.324 e. The number of nitrogens with zero attached hydrogens (tertiary/aromatic N) is 2. The van der Waals surface area contributed by atoms with Crippen molar-refractivity contribution in [2.45, 2.75) is 18.8 Å². The molecule has 1 fully saturated rings. The number of carbonyl (C=O) groups excluding carboxylic acids is 4. The third kappa shape index (κ3) is 3.50. The van der Waals surface area contributed by atoms with Crippen LogP contribution in [0.5, 0.6) is 0 Å². The summed E-state index contributed by atoms with van der Waals surface area (Å²) in [5.74, 6) is -2.28. The Labute approximate surface area is 166 Å². The van der Waals surface area contributed by atoms with Gasteiger partial charge in [0.2, 0.25) is 6.35 Å². The minimum Gasteiger partial charge on any atom is -0.468 e. The number of hydrogen-bond donors (Lipinski definition) is 0. The van der Waals surface area contributed by atoms with Crippen molar-refractivity contribution in [1.29, 1.82) is 0 Å². The fourth-order valence-corrected chi connectivity index (χ4v) is 3.34. The molecule has 3 unspecified atom stereocenters. The van der Waals surface area contributed by atoms with Gasteiger partial charge in [0.25, 0.3) is 11.8 Å². The second-order valence-electron chi connectivity index (χ2n) is 6.74. The molecule has 0 N–H and O–H groups in total. The average molecular weight is 394 g/mol. The summed E-state index contributed by atoms with van der Waals surface area (Å²) in [5, 5.41) is 0. The number of rotatable bonds is 6. The normalized spacial score (nSPS) is 20.8. The van der Waals surface area contributed by atoms with Gasteiger partial charge < -0.3 is 9.47 Å². The predicted octanol–water partition coefficient (Wildman–Crippen LogP) is 1.21. The van der Waals surface area contributed by atoms with Crippen LogP contribution < -0.4 is 0 Å². The molecule has 0 radical (unpaired) electrons. The zero-order chi connectivity index (χ0) is 20.5. The Bertz CT molecular complexity index is 955. The van der Waals surface area contributed by atoms with E-state index in [-0.39, 0.29) is 24.1 Å². The molecule has 2 aromatic carbocycles. The van der Waals surface area contributed by atoms with Crippen LogP contribution in [-0.4, -0.2) is 59.6 Å². The van der Waals surface area contributed by atoms with Gasteiger partial charge in [-0.05, 0) is 17.7 Å². The maximum atomic E-state index is 12.8. The summed E-state index contributed by atoms with van der Waals surface area (Å²) < 4.78 is 10.2. The van der Waals surface area contributed by atoms with Crippen LogP contribution >= 0.6 is 0 Å². The highest BCUT2D eigenvalue weighted by Crippen LogP contribution is 2.32. The molecule has 2 heterocycles. The minimum atomic E-state index is -1.32. The van der Waals surface area contributed by atoms with Crippen LogP contribution in [0.15, 0.2) is 54.6 Å². The Kier molecular flexibility index (Phi) is 4.85. The average Bonchev–Trinajstić information content (AvgIpc) is 3.49. The Morgan fingerprint density at radius 2 is 1.59 bits per heavy atom. The van der Waals surface area contributed by atoms with E-state index in [1.807, 2.05) is 6.07 Å². The number of benzene rings is 2. The predicted molar refractivity (Wildman–Crippen MR) is 99.5 cm³/mol. The first-order valence-electron chi connectivity index (χ1n) is 9.05. The molecule has 2 amide bonds. The summed E-state index contributed by atoms with van der Waals surface area (Å²) in [6.07, 6.45) is -1.35. The highest BCUT2D eigenvalue weighted by Gasteiger charge is 2.54. The third-order valence-electron chi connectivity index (χ3n) is 4.88. The van der Waals surface area contributed by atoms with Crippen molar-refractivity contribution in [2.24, 2.45) is 0 Å². The first-order valence-corrected chi connectivity index (χ1v) is 9.05. The number of imide groups is 1. The number of hydrogen-bond acceptors (Lipinski definition) is 7. The summed E-state index contributed by atoms with van der Waals surface area (Å²) in [4.78, 5) is 52.4. The van der Waals surface area contributed by atoms with Crippen molar-refractivity contribution in [3.63, 3.8) is 0 Å². The van der Waals surface area contributed by atoms with Crippen LogP contribution in [0, 0.1) is 0 Å². The van der Waals surface area contributed by atoms with Crippen LogP contribution in [0.2, 0.25) is 0 Å². The molecule has 1 saturated heterocycles. The number of esters is 2. The molecule has 4 rings (SSSR count). The van der Waals surface area contributed by atoms with E-state index in [4.69, 9.17) is 9.47 Å². The molecular weight excluding hydrogens is 376 g/mol. The summed E-state index contributed by atoms with van der Waals surface area (Å²) in [6.45, 7) is 0.212. The number of ether oxygens (including phenoxy) is 2. The van der Waals surface area contributed by atoms with E-state index in [0.29, 0.717) is 0 Å². The minimum absolute atomic E-state index is 0.0305. The van der Waals surface area contributed by atoms with Gasteiger partial charge in [-0.2, -0.15) is 0 Å². The van der Waals surface area contributed by atoms with Crippen molar-refractivity contribution in [3.8, 4) is 0 Å². The molecule has 0 aromatic heterocycles. The molecule has 0 saturated carbocycles. The van der Waals surface area contributed by atoms with Crippen molar-refractivity contribution in [2.75, 3.05) is 13.7 Å². The van der Waals surface area contributed by atoms with Crippen LogP contribution in [0.1, 0.15) is 26.3 Å². The van der Waals surface area contributed by atoms with Gasteiger partial charge in [-0.1, -0.05) is 42.5 Å². The lowest BCUT2D eigenvalue weighted by Crippen LogP contribution is -2.48. The van der Waals surface area contributed by atoms with Crippen molar-refractivity contribution >= 4 is 23.8 Å². The fraction of sp³-hybridized carbons (Fsp3) is 0.238. The molecule has 2 aliphatic rings. The Balaban J connectivity index is 1.58. The van der Waals surface area contributed by atoms with Crippen molar-refractivity contribution < 1.29 is 28.7 Å². The summed E-state index contributed by atoms with van der Waals surface area (Å²) in [5.41, 5.74) is 1.20. The Hall–Kier alpha value is -3.52. The summed E-state index contributed by atoms with van der Waals surface area (Å²) in [7, 11) is 1.25. The molecule has 0 aliphatic carbocycles. The number of amides is 2. The molecule has 3 atom stereocenters. The van der Waals surface area contributed by atoms with Gasteiger partial charge in [-0.3, -0.25) is 19.2 Å².